The molecule has 1 aliphatic carbocycles. The van der Waals surface area contributed by atoms with Crippen molar-refractivity contribution in [1.29, 1.82) is 0 Å². The summed E-state index contributed by atoms with van der Waals surface area (Å²) in [5, 5.41) is 3.87. The largest absolute Gasteiger partial charge is 0.330 e. The van der Waals surface area contributed by atoms with E-state index in [4.69, 9.17) is 4.98 Å². The van der Waals surface area contributed by atoms with Crippen molar-refractivity contribution >= 4 is 11.0 Å². The molecule has 1 N–H and O–H groups in total. The van der Waals surface area contributed by atoms with E-state index in [0.29, 0.717) is 12.1 Å². The first-order valence-corrected chi connectivity index (χ1v) is 7.85. The number of nitrogens with one attached hydrogen (secondary N) is 1. The normalized spacial score (nSPS) is 30.4. The number of aryl methyl sites for hydroxylation is 1. The molecule has 106 valence electrons. The summed E-state index contributed by atoms with van der Waals surface area (Å²) in [4.78, 5) is 8.99. The van der Waals surface area contributed by atoms with Crippen molar-refractivity contribution in [3.05, 3.63) is 24.3 Å². The second kappa shape index (κ2) is 4.85. The Morgan fingerprint density at radius 1 is 1.20 bits per heavy atom. The fourth-order valence-electron chi connectivity index (χ4n) is 4.08. The maximum Gasteiger partial charge on any atom is 0.126 e. The first-order valence-electron chi connectivity index (χ1n) is 7.85. The minimum absolute atomic E-state index is 0.409. The van der Waals surface area contributed by atoms with Gasteiger partial charge in [-0.25, -0.2) is 4.98 Å². The SMILES string of the molecule is Cn1c(C2CCC3CCCCC3N2)nc2cnccc21. The zero-order valence-corrected chi connectivity index (χ0v) is 12.0. The quantitative estimate of drug-likeness (QED) is 0.866. The van der Waals surface area contributed by atoms with E-state index in [1.165, 1.54) is 49.9 Å². The third-order valence-electron chi connectivity index (χ3n) is 5.18. The highest BCUT2D eigenvalue weighted by Gasteiger charge is 2.33. The first-order chi connectivity index (χ1) is 9.83. The van der Waals surface area contributed by atoms with Crippen molar-refractivity contribution < 1.29 is 0 Å². The van der Waals surface area contributed by atoms with E-state index in [9.17, 15) is 0 Å². The lowest BCUT2D eigenvalue weighted by molar-refractivity contribution is 0.172. The Balaban J connectivity index is 1.64. The van der Waals surface area contributed by atoms with E-state index in [-0.39, 0.29) is 0 Å². The lowest BCUT2D eigenvalue weighted by Crippen LogP contribution is -2.45. The average molecular weight is 270 g/mol. The third kappa shape index (κ3) is 1.94. The second-order valence-electron chi connectivity index (χ2n) is 6.34. The molecule has 0 amide bonds. The standard InChI is InChI=1S/C16H22N4/c1-20-15-8-9-17-10-14(15)19-16(20)13-7-6-11-4-2-3-5-12(11)18-13/h8-13,18H,2-7H2,1H3. The van der Waals surface area contributed by atoms with Crippen LogP contribution in [0.4, 0.5) is 0 Å². The Bertz CT molecular complexity index is 618. The second-order valence-corrected chi connectivity index (χ2v) is 6.34. The van der Waals surface area contributed by atoms with Crippen LogP contribution >= 0.6 is 0 Å². The molecular weight excluding hydrogens is 248 g/mol. The molecule has 20 heavy (non-hydrogen) atoms. The molecule has 1 aliphatic heterocycles. The van der Waals surface area contributed by atoms with E-state index in [1.807, 2.05) is 12.4 Å². The van der Waals surface area contributed by atoms with Crippen molar-refractivity contribution in [3.63, 3.8) is 0 Å². The van der Waals surface area contributed by atoms with Crippen LogP contribution in [0.1, 0.15) is 50.4 Å². The van der Waals surface area contributed by atoms with Crippen LogP contribution in [0.5, 0.6) is 0 Å². The van der Waals surface area contributed by atoms with Crippen LogP contribution in [0.15, 0.2) is 18.5 Å². The molecule has 0 aromatic carbocycles. The number of pyridine rings is 1. The number of hydrogen-bond donors (Lipinski definition) is 1. The summed E-state index contributed by atoms with van der Waals surface area (Å²) < 4.78 is 2.23. The molecule has 0 bridgehead atoms. The van der Waals surface area contributed by atoms with E-state index in [0.717, 1.165) is 11.4 Å². The van der Waals surface area contributed by atoms with Crippen molar-refractivity contribution in [1.82, 2.24) is 19.9 Å². The summed E-state index contributed by atoms with van der Waals surface area (Å²) in [6, 6.07) is 3.17. The van der Waals surface area contributed by atoms with Gasteiger partial charge in [0.15, 0.2) is 0 Å². The van der Waals surface area contributed by atoms with Gasteiger partial charge in [0.2, 0.25) is 0 Å². The van der Waals surface area contributed by atoms with Gasteiger partial charge in [0, 0.05) is 19.3 Å². The van der Waals surface area contributed by atoms with Crippen molar-refractivity contribution in [2.75, 3.05) is 0 Å². The van der Waals surface area contributed by atoms with Crippen LogP contribution in [-0.2, 0) is 7.05 Å². The molecule has 4 heteroatoms. The van der Waals surface area contributed by atoms with Crippen LogP contribution in [0.2, 0.25) is 0 Å². The number of hydrogen-bond acceptors (Lipinski definition) is 3. The van der Waals surface area contributed by atoms with Crippen LogP contribution in [0.25, 0.3) is 11.0 Å². The van der Waals surface area contributed by atoms with Gasteiger partial charge in [-0.15, -0.1) is 0 Å². The van der Waals surface area contributed by atoms with Crippen LogP contribution in [-0.4, -0.2) is 20.6 Å². The topological polar surface area (TPSA) is 42.7 Å². The molecule has 2 aromatic rings. The molecule has 3 atom stereocenters. The number of piperidine rings is 1. The van der Waals surface area contributed by atoms with Crippen LogP contribution in [0, 0.1) is 5.92 Å². The Hall–Kier alpha value is -1.42. The number of rotatable bonds is 1. The Kier molecular flexibility index (Phi) is 2.99. The van der Waals surface area contributed by atoms with Gasteiger partial charge in [0.25, 0.3) is 0 Å². The molecule has 4 nitrogen and oxygen atoms in total. The fraction of sp³-hybridized carbons (Fsp3) is 0.625. The summed E-state index contributed by atoms with van der Waals surface area (Å²) in [5.74, 6) is 2.08. The predicted octanol–water partition coefficient (Wildman–Crippen LogP) is 2.95. The maximum absolute atomic E-state index is 4.81. The molecule has 0 spiro atoms. The fourth-order valence-corrected chi connectivity index (χ4v) is 4.08. The first kappa shape index (κ1) is 12.3. The van der Waals surface area contributed by atoms with E-state index in [1.54, 1.807) is 0 Å². The molecule has 1 saturated heterocycles. The van der Waals surface area contributed by atoms with Gasteiger partial charge in [0.1, 0.15) is 11.3 Å². The van der Waals surface area contributed by atoms with Gasteiger partial charge < -0.3 is 9.88 Å². The number of nitrogens with zero attached hydrogens (tertiary/aromatic N) is 3. The van der Waals surface area contributed by atoms with E-state index in [2.05, 4.69) is 28.0 Å². The van der Waals surface area contributed by atoms with Crippen molar-refractivity contribution in [2.24, 2.45) is 13.0 Å². The highest BCUT2D eigenvalue weighted by atomic mass is 15.1. The molecule has 2 aliphatic rings. The van der Waals surface area contributed by atoms with Gasteiger partial charge in [0.05, 0.1) is 17.8 Å². The summed E-state index contributed by atoms with van der Waals surface area (Å²) in [7, 11) is 2.12. The number of fused-ring (bicyclic) bond motifs is 2. The summed E-state index contributed by atoms with van der Waals surface area (Å²) >= 11 is 0. The van der Waals surface area contributed by atoms with Crippen LogP contribution < -0.4 is 5.32 Å². The minimum atomic E-state index is 0.409. The molecule has 3 heterocycles. The molecule has 2 fully saturated rings. The minimum Gasteiger partial charge on any atom is -0.330 e. The zero-order chi connectivity index (χ0) is 13.5. The highest BCUT2D eigenvalue weighted by Crippen LogP contribution is 2.36. The lowest BCUT2D eigenvalue weighted by atomic mass is 9.77. The monoisotopic (exact) mass is 270 g/mol. The van der Waals surface area contributed by atoms with Gasteiger partial charge in [-0.05, 0) is 37.7 Å². The van der Waals surface area contributed by atoms with Gasteiger partial charge >= 0.3 is 0 Å². The highest BCUT2D eigenvalue weighted by molar-refractivity contribution is 5.74. The van der Waals surface area contributed by atoms with Gasteiger partial charge in [-0.2, -0.15) is 0 Å². The molecule has 3 unspecified atom stereocenters. The van der Waals surface area contributed by atoms with Crippen molar-refractivity contribution in [3.8, 4) is 0 Å². The Labute approximate surface area is 119 Å². The molecule has 0 radical (unpaired) electrons. The smallest absolute Gasteiger partial charge is 0.126 e. The lowest BCUT2D eigenvalue weighted by Gasteiger charge is -2.40. The molecule has 4 rings (SSSR count). The predicted molar refractivity (Wildman–Crippen MR) is 79.4 cm³/mol. The van der Waals surface area contributed by atoms with E-state index < -0.39 is 0 Å². The van der Waals surface area contributed by atoms with Crippen LogP contribution in [0.3, 0.4) is 0 Å². The molecule has 2 aromatic heterocycles. The van der Waals surface area contributed by atoms with Crippen molar-refractivity contribution in [2.45, 2.75) is 50.6 Å². The maximum atomic E-state index is 4.81. The Morgan fingerprint density at radius 2 is 2.10 bits per heavy atom. The van der Waals surface area contributed by atoms with E-state index >= 15 is 0 Å². The van der Waals surface area contributed by atoms with Gasteiger partial charge in [-0.1, -0.05) is 12.8 Å². The number of aromatic nitrogens is 3. The molecule has 1 saturated carbocycles. The zero-order valence-electron chi connectivity index (χ0n) is 12.0. The third-order valence-corrected chi connectivity index (χ3v) is 5.18. The molecular formula is C16H22N4. The summed E-state index contributed by atoms with van der Waals surface area (Å²) in [6.45, 7) is 0. The summed E-state index contributed by atoms with van der Waals surface area (Å²) in [6.07, 6.45) is 11.8. The summed E-state index contributed by atoms with van der Waals surface area (Å²) in [5.41, 5.74) is 2.19. The number of imidazole rings is 1. The average Bonchev–Trinajstić information content (AvgIpc) is 2.84. The Morgan fingerprint density at radius 3 is 3.00 bits per heavy atom. The van der Waals surface area contributed by atoms with Gasteiger partial charge in [-0.3, -0.25) is 4.98 Å².